The average Bonchev–Trinajstić information content (AvgIpc) is 3.36. The average molecular weight is 539 g/mol. The number of anilines is 1. The molecule has 1 aromatic carbocycles. The Morgan fingerprint density at radius 1 is 1.21 bits per heavy atom. The smallest absolute Gasteiger partial charge is 0.249 e. The second-order valence-electron chi connectivity index (χ2n) is 7.15. The molecule has 4 rings (SSSR count). The largest absolute Gasteiger partial charge is 0.392 e. The third kappa shape index (κ3) is 3.51. The lowest BCUT2D eigenvalue weighted by atomic mass is 9.85. The van der Waals surface area contributed by atoms with Gasteiger partial charge in [-0.3, -0.25) is 4.79 Å². The number of hydrogen-bond acceptors (Lipinski definition) is 3. The number of hydrogen-bond donors (Lipinski definition) is 2. The van der Waals surface area contributed by atoms with Crippen LogP contribution in [0.4, 0.5) is 14.5 Å². The normalized spacial score (nSPS) is 31.2. The topological polar surface area (TPSA) is 62.2 Å². The van der Waals surface area contributed by atoms with Gasteiger partial charge in [-0.2, -0.15) is 4.39 Å². The minimum absolute atomic E-state index is 0.00939. The molecule has 9 heteroatoms. The highest BCUT2D eigenvalue weighted by Gasteiger charge is 2.64. The molecule has 4 nitrogen and oxygen atoms in total. The van der Waals surface area contributed by atoms with Crippen molar-refractivity contribution in [1.29, 1.82) is 0 Å². The van der Waals surface area contributed by atoms with Gasteiger partial charge in [0.1, 0.15) is 0 Å². The number of nitrogens with one attached hydrogen (secondary N) is 1. The molecule has 2 aliphatic carbocycles. The van der Waals surface area contributed by atoms with E-state index in [4.69, 9.17) is 23.2 Å². The molecule has 2 aliphatic rings. The van der Waals surface area contributed by atoms with Crippen molar-refractivity contribution in [3.8, 4) is 0 Å². The fourth-order valence-electron chi connectivity index (χ4n) is 4.33. The predicted molar refractivity (Wildman–Crippen MR) is 111 cm³/mol. The van der Waals surface area contributed by atoms with E-state index in [9.17, 15) is 18.7 Å². The van der Waals surface area contributed by atoms with Crippen LogP contribution >= 0.6 is 45.8 Å². The highest BCUT2D eigenvalue weighted by molar-refractivity contribution is 14.1. The molecule has 148 valence electrons. The van der Waals surface area contributed by atoms with E-state index in [2.05, 4.69) is 32.9 Å². The highest BCUT2D eigenvalue weighted by atomic mass is 127. The second kappa shape index (κ2) is 7.66. The zero-order valence-corrected chi connectivity index (χ0v) is 17.9. The number of carbonyl (C=O) groups excluding carboxylic acids is 1. The number of carbonyl (C=O) groups is 1. The van der Waals surface area contributed by atoms with Crippen molar-refractivity contribution >= 4 is 57.4 Å². The van der Waals surface area contributed by atoms with Crippen molar-refractivity contribution in [3.05, 3.63) is 57.8 Å². The summed E-state index contributed by atoms with van der Waals surface area (Å²) in [7, 11) is 0. The summed E-state index contributed by atoms with van der Waals surface area (Å²) in [6.07, 6.45) is 0.764. The van der Waals surface area contributed by atoms with Gasteiger partial charge in [0.25, 0.3) is 0 Å². The van der Waals surface area contributed by atoms with Crippen molar-refractivity contribution in [1.82, 2.24) is 4.98 Å². The van der Waals surface area contributed by atoms with Crippen LogP contribution in [0.3, 0.4) is 0 Å². The SMILES string of the molecule is O=C(Nc1ccc(Cl)c(Cl)c1)[C@H]1[C@@H]2C(c3ccnc(F)c3F)[C@@H]2[C@H](I)C[C@@H]1O. The monoisotopic (exact) mass is 538 g/mol. The molecule has 0 aliphatic heterocycles. The summed E-state index contributed by atoms with van der Waals surface area (Å²) in [6.45, 7) is 0. The standard InChI is InChI=1S/C19H15Cl2F2IN2O2/c20-9-2-1-7(5-10(9)21)26-19(28)15-12(27)6-11(24)14-13(16(14)15)8-3-4-25-18(23)17(8)22/h1-5,11-16,27H,6H2,(H,26,28)/t11-,12+,13?,14+,15-,16-/m1/s1. The van der Waals surface area contributed by atoms with E-state index in [1.165, 1.54) is 18.3 Å². The number of rotatable bonds is 3. The predicted octanol–water partition coefficient (Wildman–Crippen LogP) is 4.82. The maximum absolute atomic E-state index is 14.3. The van der Waals surface area contributed by atoms with Gasteiger partial charge in [-0.05, 0) is 54.0 Å². The summed E-state index contributed by atoms with van der Waals surface area (Å²) in [5.41, 5.74) is 0.670. The Balaban J connectivity index is 1.60. The Morgan fingerprint density at radius 3 is 2.68 bits per heavy atom. The first kappa shape index (κ1) is 20.3. The van der Waals surface area contributed by atoms with Gasteiger partial charge in [0.2, 0.25) is 11.9 Å². The number of aliphatic hydroxyl groups excluding tert-OH is 1. The van der Waals surface area contributed by atoms with Crippen LogP contribution in [0.15, 0.2) is 30.5 Å². The van der Waals surface area contributed by atoms with Crippen LogP contribution in [-0.2, 0) is 4.79 Å². The van der Waals surface area contributed by atoms with Crippen LogP contribution in [-0.4, -0.2) is 26.0 Å². The summed E-state index contributed by atoms with van der Waals surface area (Å²) in [6, 6.07) is 6.15. The first-order chi connectivity index (χ1) is 13.3. The van der Waals surface area contributed by atoms with E-state index in [1.54, 1.807) is 12.1 Å². The van der Waals surface area contributed by atoms with Gasteiger partial charge in [-0.1, -0.05) is 45.8 Å². The molecule has 0 saturated heterocycles. The van der Waals surface area contributed by atoms with Gasteiger partial charge in [-0.15, -0.1) is 0 Å². The van der Waals surface area contributed by atoms with E-state index in [1.807, 2.05) is 0 Å². The second-order valence-corrected chi connectivity index (χ2v) is 9.56. The Bertz CT molecular complexity index is 948. The molecule has 6 atom stereocenters. The number of aromatic nitrogens is 1. The zero-order chi connectivity index (χ0) is 20.2. The van der Waals surface area contributed by atoms with Crippen LogP contribution in [0.5, 0.6) is 0 Å². The van der Waals surface area contributed by atoms with Crippen LogP contribution in [0.2, 0.25) is 10.0 Å². The van der Waals surface area contributed by atoms with Crippen LogP contribution in [0, 0.1) is 29.5 Å². The molecule has 1 aromatic heterocycles. The van der Waals surface area contributed by atoms with E-state index >= 15 is 0 Å². The Morgan fingerprint density at radius 2 is 1.96 bits per heavy atom. The van der Waals surface area contributed by atoms with Gasteiger partial charge >= 0.3 is 0 Å². The molecule has 2 aromatic rings. The number of pyridine rings is 1. The van der Waals surface area contributed by atoms with Gasteiger partial charge in [0, 0.05) is 15.8 Å². The van der Waals surface area contributed by atoms with E-state index < -0.39 is 23.8 Å². The summed E-state index contributed by atoms with van der Waals surface area (Å²) in [5.74, 6) is -3.85. The molecule has 1 heterocycles. The summed E-state index contributed by atoms with van der Waals surface area (Å²) < 4.78 is 27.9. The van der Waals surface area contributed by atoms with Crippen LogP contribution < -0.4 is 5.32 Å². The molecule has 2 N–H and O–H groups in total. The summed E-state index contributed by atoms with van der Waals surface area (Å²) in [5, 5.41) is 14.0. The number of fused-ring (bicyclic) bond motifs is 1. The lowest BCUT2D eigenvalue weighted by Gasteiger charge is -2.29. The van der Waals surface area contributed by atoms with E-state index in [0.717, 1.165) is 0 Å². The molecular weight excluding hydrogens is 524 g/mol. The third-order valence-corrected chi connectivity index (χ3v) is 7.65. The molecule has 1 amide bonds. The minimum Gasteiger partial charge on any atom is -0.392 e. The number of amides is 1. The first-order valence-electron chi connectivity index (χ1n) is 8.67. The van der Waals surface area contributed by atoms with Crippen LogP contribution in [0.25, 0.3) is 0 Å². The molecular formula is C19H15Cl2F2IN2O2. The van der Waals surface area contributed by atoms with Gasteiger partial charge in [-0.25, -0.2) is 9.37 Å². The lowest BCUT2D eigenvalue weighted by Crippen LogP contribution is -2.40. The Kier molecular flexibility index (Phi) is 5.54. The third-order valence-electron chi connectivity index (χ3n) is 5.57. The number of halogens is 5. The fourth-order valence-corrected chi connectivity index (χ4v) is 6.08. The van der Waals surface area contributed by atoms with E-state index in [0.29, 0.717) is 22.2 Å². The number of nitrogens with zero attached hydrogens (tertiary/aromatic N) is 1. The summed E-state index contributed by atoms with van der Waals surface area (Å²) in [4.78, 5) is 16.2. The lowest BCUT2D eigenvalue weighted by molar-refractivity contribution is -0.125. The first-order valence-corrected chi connectivity index (χ1v) is 10.7. The van der Waals surface area contributed by atoms with Crippen molar-refractivity contribution in [2.45, 2.75) is 22.4 Å². The molecule has 0 bridgehead atoms. The van der Waals surface area contributed by atoms with Crippen molar-refractivity contribution in [2.75, 3.05) is 5.32 Å². The summed E-state index contributed by atoms with van der Waals surface area (Å²) >= 11 is 14.1. The molecule has 0 spiro atoms. The fraction of sp³-hybridized carbons (Fsp3) is 0.368. The number of aliphatic hydroxyl groups is 1. The van der Waals surface area contributed by atoms with Crippen LogP contribution in [0.1, 0.15) is 17.9 Å². The molecule has 28 heavy (non-hydrogen) atoms. The van der Waals surface area contributed by atoms with Gasteiger partial charge in [0.15, 0.2) is 5.82 Å². The highest BCUT2D eigenvalue weighted by Crippen LogP contribution is 2.65. The minimum atomic E-state index is -1.15. The van der Waals surface area contributed by atoms with Gasteiger partial charge in [0.05, 0.1) is 22.1 Å². The van der Waals surface area contributed by atoms with E-state index in [-0.39, 0.29) is 33.1 Å². The molecule has 2 fully saturated rings. The maximum atomic E-state index is 14.3. The van der Waals surface area contributed by atoms with Crippen molar-refractivity contribution in [2.24, 2.45) is 17.8 Å². The zero-order valence-electron chi connectivity index (χ0n) is 14.3. The maximum Gasteiger partial charge on any atom is 0.249 e. The van der Waals surface area contributed by atoms with Gasteiger partial charge < -0.3 is 10.4 Å². The quantitative estimate of drug-likeness (QED) is 0.334. The van der Waals surface area contributed by atoms with Crippen molar-refractivity contribution < 1.29 is 18.7 Å². The Labute approximate surface area is 183 Å². The molecule has 0 radical (unpaired) electrons. The molecule has 2 saturated carbocycles. The Hall–Kier alpha value is -1.03. The number of alkyl halides is 1. The molecule has 1 unspecified atom stereocenters. The van der Waals surface area contributed by atoms with Crippen molar-refractivity contribution in [3.63, 3.8) is 0 Å². The number of benzene rings is 1.